The highest BCUT2D eigenvalue weighted by atomic mass is 32.1. The van der Waals surface area contributed by atoms with Crippen LogP contribution >= 0.6 is 11.3 Å². The molecule has 4 nitrogen and oxygen atoms in total. The molecule has 0 unspecified atom stereocenters. The second kappa shape index (κ2) is 4.62. The maximum absolute atomic E-state index is 11.8. The third kappa shape index (κ3) is 1.81. The maximum Gasteiger partial charge on any atom is 0.455 e. The van der Waals surface area contributed by atoms with Crippen molar-refractivity contribution in [3.05, 3.63) is 21.0 Å². The summed E-state index contributed by atoms with van der Waals surface area (Å²) in [6.45, 7) is 2.11. The molecule has 0 radical (unpaired) electrons. The first-order valence-electron chi connectivity index (χ1n) is 5.44. The summed E-state index contributed by atoms with van der Waals surface area (Å²) in [5, 5.41) is 9.31. The van der Waals surface area contributed by atoms with E-state index in [1.807, 2.05) is 0 Å². The first kappa shape index (κ1) is 11.1. The molecule has 0 bridgehead atoms. The molecule has 0 saturated carbocycles. The van der Waals surface area contributed by atoms with E-state index in [4.69, 9.17) is 10.1 Å². The Hall–Kier alpha value is -1.41. The van der Waals surface area contributed by atoms with Crippen LogP contribution in [0.5, 0.6) is 0 Å². The lowest BCUT2D eigenvalue weighted by Crippen LogP contribution is -2.09. The quantitative estimate of drug-likeness (QED) is 0.586. The number of esters is 1. The topological polar surface area (TPSA) is 54.5 Å². The largest absolute Gasteiger partial charge is 0.462 e. The van der Waals surface area contributed by atoms with E-state index < -0.39 is 0 Å². The van der Waals surface area contributed by atoms with E-state index in [-0.39, 0.29) is 5.97 Å². The summed E-state index contributed by atoms with van der Waals surface area (Å²) in [5.41, 5.74) is 1.51. The molecule has 1 heterocycles. The minimum absolute atomic E-state index is 0.342. The van der Waals surface area contributed by atoms with Gasteiger partial charge in [0, 0.05) is 4.88 Å². The van der Waals surface area contributed by atoms with Crippen LogP contribution in [-0.4, -0.2) is 12.6 Å². The van der Waals surface area contributed by atoms with Gasteiger partial charge in [-0.15, -0.1) is 0 Å². The monoisotopic (exact) mass is 237 g/mol. The van der Waals surface area contributed by atoms with Gasteiger partial charge in [0.05, 0.1) is 6.61 Å². The summed E-state index contributed by atoms with van der Waals surface area (Å²) in [7, 11) is 0. The second-order valence-corrected chi connectivity index (χ2v) is 4.80. The predicted molar refractivity (Wildman–Crippen MR) is 61.7 cm³/mol. The van der Waals surface area contributed by atoms with E-state index in [0.717, 1.165) is 31.2 Å². The van der Waals surface area contributed by atoms with E-state index in [1.54, 1.807) is 6.92 Å². The Kier molecular flexibility index (Phi) is 3.20. The molecular formula is C11H13N2O2S+. The molecule has 0 amide bonds. The van der Waals surface area contributed by atoms with Crippen LogP contribution < -0.4 is 0 Å². The van der Waals surface area contributed by atoms with Crippen molar-refractivity contribution < 1.29 is 9.53 Å². The minimum atomic E-state index is -0.366. The van der Waals surface area contributed by atoms with E-state index in [1.165, 1.54) is 16.2 Å². The van der Waals surface area contributed by atoms with Crippen LogP contribution in [0.2, 0.25) is 0 Å². The number of aryl methyl sites for hydroxylation is 1. The molecule has 0 aliphatic heterocycles. The lowest BCUT2D eigenvalue weighted by atomic mass is 9.95. The number of carbonyl (C=O) groups excluding carboxylic acids is 1. The summed E-state index contributed by atoms with van der Waals surface area (Å²) in [4.78, 5) is 16.1. The molecule has 0 saturated heterocycles. The highest BCUT2D eigenvalue weighted by Gasteiger charge is 2.33. The molecule has 0 spiro atoms. The van der Waals surface area contributed by atoms with E-state index in [9.17, 15) is 4.79 Å². The smallest absolute Gasteiger partial charge is 0.455 e. The summed E-state index contributed by atoms with van der Waals surface area (Å²) >= 11 is 1.40. The van der Waals surface area contributed by atoms with Crippen molar-refractivity contribution in [1.29, 1.82) is 5.39 Å². The Labute approximate surface area is 97.9 Å². The van der Waals surface area contributed by atoms with Gasteiger partial charge in [0.1, 0.15) is 0 Å². The molecule has 1 aliphatic rings. The zero-order chi connectivity index (χ0) is 11.5. The number of nitrogens with zero attached hydrogens (tertiary/aromatic N) is 2. The van der Waals surface area contributed by atoms with Crippen molar-refractivity contribution in [3.63, 3.8) is 0 Å². The normalized spacial score (nSPS) is 14.0. The zero-order valence-electron chi connectivity index (χ0n) is 9.15. The fraction of sp³-hybridized carbons (Fsp3) is 0.545. The molecular weight excluding hydrogens is 224 g/mol. The van der Waals surface area contributed by atoms with Crippen LogP contribution in [0, 0.1) is 5.39 Å². The molecule has 0 fully saturated rings. The molecule has 0 N–H and O–H groups in total. The fourth-order valence-electron chi connectivity index (χ4n) is 2.04. The van der Waals surface area contributed by atoms with Crippen molar-refractivity contribution in [3.8, 4) is 0 Å². The predicted octanol–water partition coefficient (Wildman–Crippen LogP) is 3.29. The SMILES string of the molecule is CCOC(=O)c1c([N+]#N)sc2c1CCCC2. The number of carbonyl (C=O) groups is 1. The van der Waals surface area contributed by atoms with Crippen molar-refractivity contribution in [2.24, 2.45) is 0 Å². The first-order chi connectivity index (χ1) is 7.77. The number of hydrogen-bond donors (Lipinski definition) is 0. The van der Waals surface area contributed by atoms with Gasteiger partial charge >= 0.3 is 11.0 Å². The highest BCUT2D eigenvalue weighted by molar-refractivity contribution is 7.16. The summed E-state index contributed by atoms with van der Waals surface area (Å²) < 4.78 is 4.99. The second-order valence-electron chi connectivity index (χ2n) is 3.71. The van der Waals surface area contributed by atoms with Gasteiger partial charge in [-0.2, -0.15) is 0 Å². The van der Waals surface area contributed by atoms with E-state index >= 15 is 0 Å². The lowest BCUT2D eigenvalue weighted by molar-refractivity contribution is 0.0526. The minimum Gasteiger partial charge on any atom is -0.462 e. The molecule has 0 atom stereocenters. The van der Waals surface area contributed by atoms with Crippen molar-refractivity contribution in [2.75, 3.05) is 6.61 Å². The van der Waals surface area contributed by atoms with Gasteiger partial charge in [0.25, 0.3) is 0 Å². The van der Waals surface area contributed by atoms with Gasteiger partial charge in [-0.05, 0) is 49.5 Å². The Bertz CT molecular complexity index is 459. The number of hydrogen-bond acceptors (Lipinski definition) is 4. The Morgan fingerprint density at radius 2 is 2.25 bits per heavy atom. The molecule has 1 aromatic heterocycles. The molecule has 0 aromatic carbocycles. The summed E-state index contributed by atoms with van der Waals surface area (Å²) in [5.74, 6) is -0.366. The molecule has 1 aliphatic carbocycles. The van der Waals surface area contributed by atoms with Crippen LogP contribution in [0.4, 0.5) is 5.00 Å². The van der Waals surface area contributed by atoms with Crippen LogP contribution in [0.15, 0.2) is 0 Å². The van der Waals surface area contributed by atoms with Gasteiger partial charge in [-0.3, -0.25) is 0 Å². The van der Waals surface area contributed by atoms with Gasteiger partial charge in [0.15, 0.2) is 10.5 Å². The molecule has 2 rings (SSSR count). The van der Waals surface area contributed by atoms with Crippen LogP contribution in [-0.2, 0) is 17.6 Å². The first-order valence-corrected chi connectivity index (χ1v) is 6.26. The molecule has 1 aromatic rings. The lowest BCUT2D eigenvalue weighted by Gasteiger charge is -2.10. The van der Waals surface area contributed by atoms with Crippen LogP contribution in [0.25, 0.3) is 4.98 Å². The molecule has 5 heteroatoms. The third-order valence-electron chi connectivity index (χ3n) is 2.72. The zero-order valence-corrected chi connectivity index (χ0v) is 9.97. The Morgan fingerprint density at radius 3 is 2.94 bits per heavy atom. The van der Waals surface area contributed by atoms with Gasteiger partial charge in [-0.1, -0.05) is 0 Å². The van der Waals surface area contributed by atoms with Crippen molar-refractivity contribution >= 4 is 22.3 Å². The van der Waals surface area contributed by atoms with Gasteiger partial charge in [0.2, 0.25) is 5.39 Å². The maximum atomic E-state index is 11.8. The fourth-order valence-corrected chi connectivity index (χ4v) is 3.19. The average Bonchev–Trinajstić information content (AvgIpc) is 2.67. The Balaban J connectivity index is 2.45. The van der Waals surface area contributed by atoms with Gasteiger partial charge < -0.3 is 4.74 Å². The molecule has 84 valence electrons. The summed E-state index contributed by atoms with van der Waals surface area (Å²) in [6.07, 6.45) is 4.08. The van der Waals surface area contributed by atoms with E-state index in [2.05, 4.69) is 4.98 Å². The average molecular weight is 237 g/mol. The number of rotatable bonds is 2. The number of diazo groups is 1. The molecule has 16 heavy (non-hydrogen) atoms. The number of thiophene rings is 1. The Morgan fingerprint density at radius 1 is 1.50 bits per heavy atom. The van der Waals surface area contributed by atoms with Crippen LogP contribution in [0.1, 0.15) is 40.6 Å². The van der Waals surface area contributed by atoms with E-state index in [0.29, 0.717) is 17.2 Å². The standard InChI is InChI=1S/C11H13N2O2S/c1-2-15-11(14)9-7-5-3-4-6-8(7)16-10(9)13-12/h2-6H2,1H3/q+1. The number of fused-ring (bicyclic) bond motifs is 1. The third-order valence-corrected chi connectivity index (χ3v) is 3.90. The highest BCUT2D eigenvalue weighted by Crippen LogP contribution is 2.40. The van der Waals surface area contributed by atoms with Gasteiger partial charge in [-0.25, -0.2) is 4.79 Å². The van der Waals surface area contributed by atoms with Crippen molar-refractivity contribution in [1.82, 2.24) is 0 Å². The summed E-state index contributed by atoms with van der Waals surface area (Å²) in [6, 6.07) is 0. The number of ether oxygens (including phenoxy) is 1. The van der Waals surface area contributed by atoms with Crippen LogP contribution in [0.3, 0.4) is 0 Å². The van der Waals surface area contributed by atoms with Crippen molar-refractivity contribution in [2.45, 2.75) is 32.6 Å².